The van der Waals surface area contributed by atoms with Crippen molar-refractivity contribution in [3.63, 3.8) is 0 Å². The number of hydrogen-bond donors (Lipinski definition) is 1. The van der Waals surface area contributed by atoms with Crippen LogP contribution >= 0.6 is 0 Å². The first kappa shape index (κ1) is 15.8. The van der Waals surface area contributed by atoms with Crippen molar-refractivity contribution < 1.29 is 8.42 Å². The highest BCUT2D eigenvalue weighted by Gasteiger charge is 2.26. The Hall–Kier alpha value is -2.69. The molecule has 0 radical (unpaired) electrons. The quantitative estimate of drug-likeness (QED) is 0.781. The van der Waals surface area contributed by atoms with E-state index < -0.39 is 10.0 Å². The molecule has 1 fully saturated rings. The molecule has 1 aromatic carbocycles. The Morgan fingerprint density at radius 3 is 2.92 bits per heavy atom. The topological polar surface area (TPSA) is 87.8 Å². The van der Waals surface area contributed by atoms with Gasteiger partial charge >= 0.3 is 0 Å². The molecule has 6 nitrogen and oxygen atoms in total. The van der Waals surface area contributed by atoms with Crippen LogP contribution in [-0.4, -0.2) is 30.5 Å². The zero-order valence-electron chi connectivity index (χ0n) is 13.4. The van der Waals surface area contributed by atoms with Crippen LogP contribution in [0.1, 0.15) is 23.5 Å². The predicted molar refractivity (Wildman–Crippen MR) is 93.7 cm³/mol. The van der Waals surface area contributed by atoms with Crippen molar-refractivity contribution in [1.82, 2.24) is 14.3 Å². The van der Waals surface area contributed by atoms with Crippen molar-refractivity contribution in [1.29, 1.82) is 5.26 Å². The molecule has 1 atom stereocenters. The average Bonchev–Trinajstić information content (AvgIpc) is 3.29. The molecule has 25 heavy (non-hydrogen) atoms. The normalized spacial score (nSPS) is 17.6. The van der Waals surface area contributed by atoms with Crippen molar-refractivity contribution in [2.24, 2.45) is 0 Å². The lowest BCUT2D eigenvalue weighted by Crippen LogP contribution is -2.12. The van der Waals surface area contributed by atoms with Crippen molar-refractivity contribution in [3.8, 4) is 6.07 Å². The second-order valence-corrected chi connectivity index (χ2v) is 7.90. The number of aromatic nitrogens is 2. The summed E-state index contributed by atoms with van der Waals surface area (Å²) >= 11 is 0. The average molecular weight is 352 g/mol. The van der Waals surface area contributed by atoms with Crippen LogP contribution in [0.5, 0.6) is 0 Å². The van der Waals surface area contributed by atoms with E-state index >= 15 is 0 Å². The van der Waals surface area contributed by atoms with E-state index in [1.807, 2.05) is 6.07 Å². The second kappa shape index (κ2) is 5.99. The van der Waals surface area contributed by atoms with E-state index in [9.17, 15) is 8.42 Å². The number of rotatable bonds is 3. The van der Waals surface area contributed by atoms with Crippen molar-refractivity contribution in [2.45, 2.75) is 17.2 Å². The summed E-state index contributed by atoms with van der Waals surface area (Å²) in [5, 5.41) is 12.4. The summed E-state index contributed by atoms with van der Waals surface area (Å²) in [6.45, 7) is 1.74. The van der Waals surface area contributed by atoms with E-state index in [1.54, 1.807) is 36.7 Å². The number of nitriles is 1. The summed E-state index contributed by atoms with van der Waals surface area (Å²) in [4.78, 5) is 4.52. The first-order valence-corrected chi connectivity index (χ1v) is 9.47. The minimum Gasteiger partial charge on any atom is -0.316 e. The molecule has 1 N–H and O–H groups in total. The van der Waals surface area contributed by atoms with Gasteiger partial charge in [0.1, 0.15) is 0 Å². The highest BCUT2D eigenvalue weighted by molar-refractivity contribution is 7.90. The second-order valence-electron chi connectivity index (χ2n) is 6.09. The van der Waals surface area contributed by atoms with E-state index in [0.29, 0.717) is 11.1 Å². The van der Waals surface area contributed by atoms with Crippen LogP contribution in [-0.2, 0) is 10.0 Å². The van der Waals surface area contributed by atoms with Gasteiger partial charge in [-0.3, -0.25) is 4.98 Å². The van der Waals surface area contributed by atoms with Gasteiger partial charge in [-0.05, 0) is 43.3 Å². The van der Waals surface area contributed by atoms with Gasteiger partial charge in [-0.1, -0.05) is 6.07 Å². The molecule has 0 bridgehead atoms. The minimum absolute atomic E-state index is 0.100. The largest absolute Gasteiger partial charge is 0.316 e. The van der Waals surface area contributed by atoms with E-state index in [4.69, 9.17) is 5.26 Å². The van der Waals surface area contributed by atoms with E-state index in [-0.39, 0.29) is 10.8 Å². The molecule has 3 heterocycles. The predicted octanol–water partition coefficient (Wildman–Crippen LogP) is 2.22. The molecule has 0 saturated carbocycles. The molecule has 0 unspecified atom stereocenters. The summed E-state index contributed by atoms with van der Waals surface area (Å²) < 4.78 is 27.6. The molecule has 2 aromatic heterocycles. The monoisotopic (exact) mass is 352 g/mol. The third-order valence-electron chi connectivity index (χ3n) is 4.57. The fraction of sp³-hybridized carbons (Fsp3) is 0.222. The third-order valence-corrected chi connectivity index (χ3v) is 6.24. The van der Waals surface area contributed by atoms with Gasteiger partial charge in [0.15, 0.2) is 0 Å². The van der Waals surface area contributed by atoms with E-state index in [0.717, 1.165) is 30.6 Å². The zero-order chi connectivity index (χ0) is 17.4. The highest BCUT2D eigenvalue weighted by atomic mass is 32.2. The standard InChI is InChI=1S/C18H16N4O2S/c19-10-13-3-1-4-15(9-13)25(23,24)22-12-16(14-6-8-20-11-14)18-17(22)5-2-7-21-18/h1-5,7,9,12,14,20H,6,8,11H2/t14-/m0/s1. The Morgan fingerprint density at radius 1 is 1.28 bits per heavy atom. The van der Waals surface area contributed by atoms with Gasteiger partial charge in [-0.25, -0.2) is 12.4 Å². The maximum atomic E-state index is 13.2. The van der Waals surface area contributed by atoms with Crippen LogP contribution in [0.3, 0.4) is 0 Å². The molecule has 0 aliphatic carbocycles. The molecule has 1 aliphatic rings. The number of hydrogen-bond acceptors (Lipinski definition) is 5. The summed E-state index contributed by atoms with van der Waals surface area (Å²) in [5.74, 6) is 0.249. The maximum absolute atomic E-state index is 13.2. The molecule has 0 spiro atoms. The fourth-order valence-corrected chi connectivity index (χ4v) is 4.72. The number of fused-ring (bicyclic) bond motifs is 1. The molecule has 7 heteroatoms. The molecule has 3 aromatic rings. The van der Waals surface area contributed by atoms with E-state index in [2.05, 4.69) is 10.3 Å². The Kier molecular flexibility index (Phi) is 3.79. The van der Waals surface area contributed by atoms with Gasteiger partial charge in [-0.2, -0.15) is 5.26 Å². The summed E-state index contributed by atoms with van der Waals surface area (Å²) in [5.41, 5.74) is 2.54. The Morgan fingerprint density at radius 2 is 2.16 bits per heavy atom. The lowest BCUT2D eigenvalue weighted by Gasteiger charge is -2.07. The first-order valence-electron chi connectivity index (χ1n) is 8.03. The minimum atomic E-state index is -3.80. The molecule has 1 saturated heterocycles. The van der Waals surface area contributed by atoms with Gasteiger partial charge < -0.3 is 5.32 Å². The number of pyridine rings is 1. The van der Waals surface area contributed by atoms with Gasteiger partial charge in [0.25, 0.3) is 10.0 Å². The van der Waals surface area contributed by atoms with Gasteiger partial charge in [0, 0.05) is 30.4 Å². The zero-order valence-corrected chi connectivity index (χ0v) is 14.2. The van der Waals surface area contributed by atoms with Crippen LogP contribution in [0.2, 0.25) is 0 Å². The molecule has 4 rings (SSSR count). The van der Waals surface area contributed by atoms with E-state index in [1.165, 1.54) is 16.1 Å². The first-order chi connectivity index (χ1) is 12.1. The fourth-order valence-electron chi connectivity index (χ4n) is 3.31. The third kappa shape index (κ3) is 2.60. The van der Waals surface area contributed by atoms with Crippen molar-refractivity contribution in [2.75, 3.05) is 13.1 Å². The summed E-state index contributed by atoms with van der Waals surface area (Å²) in [6.07, 6.45) is 4.32. The number of nitrogens with one attached hydrogen (secondary N) is 1. The van der Waals surface area contributed by atoms with Crippen LogP contribution < -0.4 is 5.32 Å². The molecular formula is C18H16N4O2S. The Balaban J connectivity index is 1.93. The number of benzene rings is 1. The van der Waals surface area contributed by atoms with Crippen LogP contribution in [0.15, 0.2) is 53.7 Å². The highest BCUT2D eigenvalue weighted by Crippen LogP contribution is 2.32. The summed E-state index contributed by atoms with van der Waals surface area (Å²) in [6, 6.07) is 11.6. The lowest BCUT2D eigenvalue weighted by molar-refractivity contribution is 0.588. The lowest BCUT2D eigenvalue weighted by atomic mass is 10.0. The number of nitrogens with zero attached hydrogens (tertiary/aromatic N) is 3. The van der Waals surface area contributed by atoms with Crippen molar-refractivity contribution in [3.05, 3.63) is 59.9 Å². The Bertz CT molecular complexity index is 1090. The van der Waals surface area contributed by atoms with Crippen molar-refractivity contribution >= 4 is 21.1 Å². The molecule has 126 valence electrons. The van der Waals surface area contributed by atoms with Gasteiger partial charge in [0.2, 0.25) is 0 Å². The van der Waals surface area contributed by atoms with Gasteiger partial charge in [0.05, 0.1) is 27.6 Å². The van der Waals surface area contributed by atoms with Crippen LogP contribution in [0, 0.1) is 11.3 Å². The summed E-state index contributed by atoms with van der Waals surface area (Å²) in [7, 11) is -3.80. The van der Waals surface area contributed by atoms with Crippen LogP contribution in [0.25, 0.3) is 11.0 Å². The van der Waals surface area contributed by atoms with Crippen LogP contribution in [0.4, 0.5) is 0 Å². The SMILES string of the molecule is N#Cc1cccc(S(=O)(=O)n2cc([C@H]3CCNC3)c3ncccc32)c1. The smallest absolute Gasteiger partial charge is 0.268 e. The Labute approximate surface area is 145 Å². The molecule has 1 aliphatic heterocycles. The van der Waals surface area contributed by atoms with Gasteiger partial charge in [-0.15, -0.1) is 0 Å². The molecule has 0 amide bonds. The maximum Gasteiger partial charge on any atom is 0.268 e. The molecular weight excluding hydrogens is 336 g/mol.